The van der Waals surface area contributed by atoms with Gasteiger partial charge < -0.3 is 5.32 Å². The lowest BCUT2D eigenvalue weighted by Gasteiger charge is -2.08. The molecule has 0 aliphatic carbocycles. The van der Waals surface area contributed by atoms with E-state index < -0.39 is 0 Å². The Kier molecular flexibility index (Phi) is 6.07. The van der Waals surface area contributed by atoms with E-state index in [1.165, 1.54) is 47.5 Å². The van der Waals surface area contributed by atoms with Gasteiger partial charge in [-0.25, -0.2) is 4.57 Å². The third kappa shape index (κ3) is 4.47. The van der Waals surface area contributed by atoms with Gasteiger partial charge in [0.05, 0.1) is 6.54 Å². The van der Waals surface area contributed by atoms with E-state index in [2.05, 4.69) is 93.4 Å². The molecule has 0 unspecified atom stereocenters. The number of nitrogens with one attached hydrogen (secondary N) is 1. The van der Waals surface area contributed by atoms with E-state index in [1.54, 1.807) is 6.92 Å². The molecule has 0 atom stereocenters. The molecule has 0 radical (unpaired) electrons. The monoisotopic (exact) mass is 436 g/mol. The van der Waals surface area contributed by atoms with E-state index >= 15 is 0 Å². The van der Waals surface area contributed by atoms with E-state index in [1.807, 2.05) is 6.07 Å². The SMILES string of the molecule is CC(=O)NCc1ccccc1-n1cc(-c2ccc(-c3ccccc3)cc2)[n+]2c1CCCCC2. The number of hydrogen-bond acceptors (Lipinski definition) is 1. The minimum Gasteiger partial charge on any atom is -0.352 e. The lowest BCUT2D eigenvalue weighted by atomic mass is 10.0. The van der Waals surface area contributed by atoms with Gasteiger partial charge >= 0.3 is 0 Å². The number of fused-ring (bicyclic) bond motifs is 1. The highest BCUT2D eigenvalue weighted by Gasteiger charge is 2.28. The summed E-state index contributed by atoms with van der Waals surface area (Å²) < 4.78 is 4.85. The molecule has 1 aliphatic rings. The highest BCUT2D eigenvalue weighted by atomic mass is 16.1. The van der Waals surface area contributed by atoms with Gasteiger partial charge in [-0.2, -0.15) is 4.57 Å². The summed E-state index contributed by atoms with van der Waals surface area (Å²) >= 11 is 0. The Bertz CT molecular complexity index is 1260. The molecule has 1 amide bonds. The fourth-order valence-electron chi connectivity index (χ4n) is 4.79. The van der Waals surface area contributed by atoms with Gasteiger partial charge in [0, 0.05) is 31.0 Å². The second-order valence-corrected chi connectivity index (χ2v) is 8.74. The van der Waals surface area contributed by atoms with Crippen LogP contribution >= 0.6 is 0 Å². The molecule has 2 heterocycles. The zero-order valence-electron chi connectivity index (χ0n) is 19.1. The van der Waals surface area contributed by atoms with Crippen LogP contribution in [0.15, 0.2) is 85.1 Å². The third-order valence-corrected chi connectivity index (χ3v) is 6.48. The van der Waals surface area contributed by atoms with E-state index in [0.29, 0.717) is 6.54 Å². The molecule has 4 aromatic rings. The summed E-state index contributed by atoms with van der Waals surface area (Å²) in [5.74, 6) is 1.33. The van der Waals surface area contributed by atoms with Crippen LogP contribution in [0, 0.1) is 0 Å². The molecule has 1 aromatic heterocycles. The molecule has 1 N–H and O–H groups in total. The number of aromatic nitrogens is 2. The molecule has 5 rings (SSSR count). The Morgan fingerprint density at radius 2 is 1.55 bits per heavy atom. The molecule has 4 heteroatoms. The van der Waals surface area contributed by atoms with Crippen LogP contribution in [0.2, 0.25) is 0 Å². The number of carbonyl (C=O) groups excluding carboxylic acids is 1. The van der Waals surface area contributed by atoms with Crippen LogP contribution in [0.4, 0.5) is 0 Å². The summed E-state index contributed by atoms with van der Waals surface area (Å²) in [6.45, 7) is 3.13. The Morgan fingerprint density at radius 1 is 0.848 bits per heavy atom. The first-order valence-electron chi connectivity index (χ1n) is 11.8. The van der Waals surface area contributed by atoms with Crippen LogP contribution in [-0.4, -0.2) is 10.5 Å². The first kappa shape index (κ1) is 21.2. The number of carbonyl (C=O) groups is 1. The van der Waals surface area contributed by atoms with Crippen LogP contribution in [0.5, 0.6) is 0 Å². The standard InChI is InChI=1S/C29H29N3O/c1-22(33)30-20-26-12-7-8-13-27(26)32-21-28(31-19-9-3-6-14-29(31)32)25-17-15-24(16-18-25)23-10-4-2-5-11-23/h2,4-5,7-8,10-13,15-18,21H,3,6,9,14,19-20H2,1H3/p+1. The van der Waals surface area contributed by atoms with Gasteiger partial charge in [-0.05, 0) is 48.6 Å². The Balaban J connectivity index is 1.58. The minimum atomic E-state index is -0.00953. The lowest BCUT2D eigenvalue weighted by molar-refractivity contribution is -0.692. The fourth-order valence-corrected chi connectivity index (χ4v) is 4.79. The van der Waals surface area contributed by atoms with Gasteiger partial charge in [0.25, 0.3) is 5.82 Å². The Hall–Kier alpha value is -3.66. The van der Waals surface area contributed by atoms with E-state index in [0.717, 1.165) is 24.2 Å². The summed E-state index contributed by atoms with van der Waals surface area (Å²) in [7, 11) is 0. The van der Waals surface area contributed by atoms with Crippen molar-refractivity contribution in [2.24, 2.45) is 0 Å². The molecule has 3 aromatic carbocycles. The minimum absolute atomic E-state index is 0.00953. The number of nitrogens with zero attached hydrogens (tertiary/aromatic N) is 2. The average molecular weight is 437 g/mol. The number of hydrogen-bond donors (Lipinski definition) is 1. The zero-order valence-corrected chi connectivity index (χ0v) is 19.1. The molecule has 0 spiro atoms. The van der Waals surface area contributed by atoms with Crippen molar-refractivity contribution in [2.45, 2.75) is 45.7 Å². The number of rotatable bonds is 5. The van der Waals surface area contributed by atoms with E-state index in [4.69, 9.17) is 0 Å². The predicted octanol–water partition coefficient (Wildman–Crippen LogP) is 5.46. The number of amides is 1. The van der Waals surface area contributed by atoms with Crippen LogP contribution in [0.3, 0.4) is 0 Å². The normalized spacial score (nSPS) is 13.2. The van der Waals surface area contributed by atoms with Gasteiger partial charge in [-0.3, -0.25) is 4.79 Å². The molecule has 1 aliphatic heterocycles. The Labute approximate surface area is 195 Å². The maximum Gasteiger partial charge on any atom is 0.262 e. The summed E-state index contributed by atoms with van der Waals surface area (Å²) in [5.41, 5.74) is 7.22. The summed E-state index contributed by atoms with van der Waals surface area (Å²) in [6, 6.07) is 27.8. The van der Waals surface area contributed by atoms with Crippen molar-refractivity contribution in [1.82, 2.24) is 9.88 Å². The summed E-state index contributed by atoms with van der Waals surface area (Å²) in [6.07, 6.45) is 6.98. The average Bonchev–Trinajstić information content (AvgIpc) is 3.03. The van der Waals surface area contributed by atoms with Gasteiger partial charge in [0.2, 0.25) is 5.91 Å². The third-order valence-electron chi connectivity index (χ3n) is 6.48. The van der Waals surface area contributed by atoms with Gasteiger partial charge in [0.15, 0.2) is 5.69 Å². The van der Waals surface area contributed by atoms with E-state index in [-0.39, 0.29) is 5.91 Å². The largest absolute Gasteiger partial charge is 0.352 e. The second kappa shape index (κ2) is 9.45. The van der Waals surface area contributed by atoms with E-state index in [9.17, 15) is 4.79 Å². The highest BCUT2D eigenvalue weighted by Crippen LogP contribution is 2.27. The molecular weight excluding hydrogens is 406 g/mol. The van der Waals surface area contributed by atoms with Crippen LogP contribution in [0.1, 0.15) is 37.6 Å². The summed E-state index contributed by atoms with van der Waals surface area (Å²) in [4.78, 5) is 11.5. The smallest absolute Gasteiger partial charge is 0.262 e. The van der Waals surface area contributed by atoms with Gasteiger partial charge in [-0.1, -0.05) is 60.7 Å². The number of benzene rings is 3. The van der Waals surface area contributed by atoms with Crippen molar-refractivity contribution < 1.29 is 9.36 Å². The fraction of sp³-hybridized carbons (Fsp3) is 0.241. The molecular formula is C29H30N3O+. The van der Waals surface area contributed by atoms with Crippen LogP contribution in [0.25, 0.3) is 28.1 Å². The van der Waals surface area contributed by atoms with Gasteiger partial charge in [-0.15, -0.1) is 0 Å². The first-order valence-corrected chi connectivity index (χ1v) is 11.8. The van der Waals surface area contributed by atoms with Crippen molar-refractivity contribution >= 4 is 5.91 Å². The van der Waals surface area contributed by atoms with Crippen molar-refractivity contribution in [3.63, 3.8) is 0 Å². The van der Waals surface area contributed by atoms with Crippen LogP contribution < -0.4 is 9.88 Å². The lowest BCUT2D eigenvalue weighted by Crippen LogP contribution is -2.38. The maximum atomic E-state index is 11.5. The summed E-state index contributed by atoms with van der Waals surface area (Å²) in [5, 5.41) is 2.97. The Morgan fingerprint density at radius 3 is 2.33 bits per heavy atom. The molecule has 0 saturated carbocycles. The van der Waals surface area contributed by atoms with Crippen molar-refractivity contribution in [3.05, 3.63) is 96.4 Å². The molecule has 0 bridgehead atoms. The molecule has 0 saturated heterocycles. The molecule has 33 heavy (non-hydrogen) atoms. The molecule has 0 fully saturated rings. The molecule has 4 nitrogen and oxygen atoms in total. The van der Waals surface area contributed by atoms with Crippen molar-refractivity contribution in [1.29, 1.82) is 0 Å². The maximum absolute atomic E-state index is 11.5. The zero-order chi connectivity index (χ0) is 22.6. The van der Waals surface area contributed by atoms with Crippen molar-refractivity contribution in [2.75, 3.05) is 0 Å². The number of imidazole rings is 1. The highest BCUT2D eigenvalue weighted by molar-refractivity contribution is 5.73. The molecule has 166 valence electrons. The van der Waals surface area contributed by atoms with Gasteiger partial charge in [0.1, 0.15) is 11.9 Å². The quantitative estimate of drug-likeness (QED) is 0.415. The predicted molar refractivity (Wildman–Crippen MR) is 132 cm³/mol. The van der Waals surface area contributed by atoms with Crippen LogP contribution in [-0.2, 0) is 24.3 Å². The second-order valence-electron chi connectivity index (χ2n) is 8.74. The number of para-hydroxylation sites is 1. The topological polar surface area (TPSA) is 37.9 Å². The first-order chi connectivity index (χ1) is 16.2. The van der Waals surface area contributed by atoms with Crippen molar-refractivity contribution in [3.8, 4) is 28.1 Å².